The second-order valence-corrected chi connectivity index (χ2v) is 4.62. The Morgan fingerprint density at radius 3 is 2.67 bits per heavy atom. The van der Waals surface area contributed by atoms with Gasteiger partial charge in [-0.25, -0.2) is 9.97 Å². The van der Waals surface area contributed by atoms with Crippen molar-refractivity contribution in [2.75, 3.05) is 12.3 Å². The van der Waals surface area contributed by atoms with Crippen molar-refractivity contribution in [2.45, 2.75) is 52.9 Å². The minimum Gasteiger partial charge on any atom is -0.477 e. The standard InChI is InChI=1S/C14H25N3O/c1-4-7-8-11(5-2)9-18-14-12(6-3)13(15)16-10-17-14/h10-11H,4-9H2,1-3H3,(H2,15,16,17). The summed E-state index contributed by atoms with van der Waals surface area (Å²) in [5.41, 5.74) is 6.74. The number of nitrogens with zero attached hydrogens (tertiary/aromatic N) is 2. The number of nitrogen functional groups attached to an aromatic ring is 1. The molecule has 0 aliphatic carbocycles. The third-order valence-corrected chi connectivity index (χ3v) is 3.29. The molecule has 4 nitrogen and oxygen atoms in total. The largest absolute Gasteiger partial charge is 0.477 e. The maximum atomic E-state index is 5.83. The summed E-state index contributed by atoms with van der Waals surface area (Å²) in [4.78, 5) is 8.18. The number of unbranched alkanes of at least 4 members (excludes halogenated alkanes) is 1. The molecule has 1 aromatic rings. The molecule has 0 saturated carbocycles. The van der Waals surface area contributed by atoms with Crippen LogP contribution in [0.1, 0.15) is 52.0 Å². The van der Waals surface area contributed by atoms with Gasteiger partial charge in [0.25, 0.3) is 0 Å². The van der Waals surface area contributed by atoms with E-state index in [2.05, 4.69) is 23.8 Å². The monoisotopic (exact) mass is 251 g/mol. The molecular weight excluding hydrogens is 226 g/mol. The van der Waals surface area contributed by atoms with Crippen LogP contribution < -0.4 is 10.5 Å². The summed E-state index contributed by atoms with van der Waals surface area (Å²) < 4.78 is 5.83. The summed E-state index contributed by atoms with van der Waals surface area (Å²) in [6, 6.07) is 0. The second-order valence-electron chi connectivity index (χ2n) is 4.62. The van der Waals surface area contributed by atoms with Gasteiger partial charge in [-0.15, -0.1) is 0 Å². The molecule has 0 fully saturated rings. The predicted molar refractivity (Wildman–Crippen MR) is 74.6 cm³/mol. The highest BCUT2D eigenvalue weighted by molar-refractivity contribution is 5.44. The summed E-state index contributed by atoms with van der Waals surface area (Å²) in [6.45, 7) is 7.18. The van der Waals surface area contributed by atoms with E-state index in [1.165, 1.54) is 25.6 Å². The Morgan fingerprint density at radius 2 is 2.06 bits per heavy atom. The van der Waals surface area contributed by atoms with E-state index in [1.54, 1.807) is 0 Å². The van der Waals surface area contributed by atoms with Crippen LogP contribution in [0.15, 0.2) is 6.33 Å². The summed E-state index contributed by atoms with van der Waals surface area (Å²) in [7, 11) is 0. The Kier molecular flexibility index (Phi) is 6.47. The van der Waals surface area contributed by atoms with Crippen molar-refractivity contribution in [2.24, 2.45) is 5.92 Å². The molecule has 0 aliphatic rings. The Bertz CT molecular complexity index is 355. The minimum absolute atomic E-state index is 0.532. The summed E-state index contributed by atoms with van der Waals surface area (Å²) in [6.07, 6.45) is 7.12. The van der Waals surface area contributed by atoms with Gasteiger partial charge in [-0.05, 0) is 18.8 Å². The molecule has 0 bridgehead atoms. The van der Waals surface area contributed by atoms with Crippen LogP contribution in [0.4, 0.5) is 5.82 Å². The highest BCUT2D eigenvalue weighted by Gasteiger charge is 2.11. The summed E-state index contributed by atoms with van der Waals surface area (Å²) >= 11 is 0. The minimum atomic E-state index is 0.532. The van der Waals surface area contributed by atoms with E-state index >= 15 is 0 Å². The average molecular weight is 251 g/mol. The SMILES string of the molecule is CCCCC(CC)COc1ncnc(N)c1CC. The Balaban J connectivity index is 2.59. The molecule has 0 radical (unpaired) electrons. The van der Waals surface area contributed by atoms with Gasteiger partial charge in [0.15, 0.2) is 0 Å². The van der Waals surface area contributed by atoms with Gasteiger partial charge < -0.3 is 10.5 Å². The number of nitrogens with two attached hydrogens (primary N) is 1. The summed E-state index contributed by atoms with van der Waals surface area (Å²) in [5.74, 6) is 1.79. The predicted octanol–water partition coefficient (Wildman–Crippen LogP) is 3.22. The van der Waals surface area contributed by atoms with Crippen molar-refractivity contribution < 1.29 is 4.74 Å². The first kappa shape index (κ1) is 14.7. The van der Waals surface area contributed by atoms with Crippen molar-refractivity contribution >= 4 is 5.82 Å². The molecule has 0 spiro atoms. The normalized spacial score (nSPS) is 12.4. The fourth-order valence-electron chi connectivity index (χ4n) is 1.96. The highest BCUT2D eigenvalue weighted by atomic mass is 16.5. The molecule has 4 heteroatoms. The van der Waals surface area contributed by atoms with Crippen LogP contribution in [0.5, 0.6) is 5.88 Å². The van der Waals surface area contributed by atoms with Crippen LogP contribution in [0.3, 0.4) is 0 Å². The molecule has 1 unspecified atom stereocenters. The van der Waals surface area contributed by atoms with E-state index in [4.69, 9.17) is 10.5 Å². The zero-order valence-corrected chi connectivity index (χ0v) is 11.8. The zero-order valence-electron chi connectivity index (χ0n) is 11.8. The van der Waals surface area contributed by atoms with Crippen LogP contribution in [0.2, 0.25) is 0 Å². The van der Waals surface area contributed by atoms with Crippen LogP contribution in [0, 0.1) is 5.92 Å². The lowest BCUT2D eigenvalue weighted by Gasteiger charge is -2.16. The van der Waals surface area contributed by atoms with Crippen LogP contribution >= 0.6 is 0 Å². The van der Waals surface area contributed by atoms with E-state index < -0.39 is 0 Å². The van der Waals surface area contributed by atoms with E-state index in [0.29, 0.717) is 17.6 Å². The topological polar surface area (TPSA) is 61.0 Å². The molecule has 1 atom stereocenters. The van der Waals surface area contributed by atoms with Crippen molar-refractivity contribution in [1.29, 1.82) is 0 Å². The number of hydrogen-bond acceptors (Lipinski definition) is 4. The van der Waals surface area contributed by atoms with Crippen molar-refractivity contribution in [1.82, 2.24) is 9.97 Å². The van der Waals surface area contributed by atoms with Crippen molar-refractivity contribution in [3.63, 3.8) is 0 Å². The van der Waals surface area contributed by atoms with Gasteiger partial charge >= 0.3 is 0 Å². The lowest BCUT2D eigenvalue weighted by atomic mass is 10.0. The van der Waals surface area contributed by atoms with E-state index in [1.807, 2.05) is 6.92 Å². The van der Waals surface area contributed by atoms with Gasteiger partial charge in [0.2, 0.25) is 5.88 Å². The first-order chi connectivity index (χ1) is 8.72. The molecule has 0 amide bonds. The fraction of sp³-hybridized carbons (Fsp3) is 0.714. The zero-order chi connectivity index (χ0) is 13.4. The lowest BCUT2D eigenvalue weighted by Crippen LogP contribution is -2.13. The van der Waals surface area contributed by atoms with Crippen LogP contribution in [0.25, 0.3) is 0 Å². The molecule has 1 heterocycles. The number of rotatable bonds is 8. The lowest BCUT2D eigenvalue weighted by molar-refractivity contribution is 0.224. The Labute approximate surface area is 110 Å². The van der Waals surface area contributed by atoms with E-state index in [-0.39, 0.29) is 0 Å². The van der Waals surface area contributed by atoms with E-state index in [9.17, 15) is 0 Å². The van der Waals surface area contributed by atoms with Gasteiger partial charge in [-0.2, -0.15) is 0 Å². The highest BCUT2D eigenvalue weighted by Crippen LogP contribution is 2.22. The number of aromatic nitrogens is 2. The van der Waals surface area contributed by atoms with Crippen LogP contribution in [-0.2, 0) is 6.42 Å². The molecule has 2 N–H and O–H groups in total. The number of hydrogen-bond donors (Lipinski definition) is 1. The maximum absolute atomic E-state index is 5.83. The quantitative estimate of drug-likeness (QED) is 0.770. The third-order valence-electron chi connectivity index (χ3n) is 3.29. The molecular formula is C14H25N3O. The Morgan fingerprint density at radius 1 is 1.28 bits per heavy atom. The molecule has 0 saturated heterocycles. The first-order valence-corrected chi connectivity index (χ1v) is 6.94. The van der Waals surface area contributed by atoms with Crippen molar-refractivity contribution in [3.8, 4) is 5.88 Å². The number of anilines is 1. The van der Waals surface area contributed by atoms with Gasteiger partial charge in [0.1, 0.15) is 12.1 Å². The van der Waals surface area contributed by atoms with Gasteiger partial charge in [0, 0.05) is 0 Å². The number of ether oxygens (including phenoxy) is 1. The molecule has 0 aliphatic heterocycles. The average Bonchev–Trinajstić information content (AvgIpc) is 2.39. The molecule has 0 aromatic carbocycles. The second kappa shape index (κ2) is 7.90. The molecule has 1 aromatic heterocycles. The smallest absolute Gasteiger partial charge is 0.221 e. The first-order valence-electron chi connectivity index (χ1n) is 6.94. The fourth-order valence-corrected chi connectivity index (χ4v) is 1.96. The molecule has 102 valence electrons. The maximum Gasteiger partial charge on any atom is 0.221 e. The molecule has 1 rings (SSSR count). The van der Waals surface area contributed by atoms with Crippen molar-refractivity contribution in [3.05, 3.63) is 11.9 Å². The van der Waals surface area contributed by atoms with Gasteiger partial charge in [-0.1, -0.05) is 40.0 Å². The van der Waals surface area contributed by atoms with Gasteiger partial charge in [-0.3, -0.25) is 0 Å². The Hall–Kier alpha value is -1.32. The van der Waals surface area contributed by atoms with Crippen LogP contribution in [-0.4, -0.2) is 16.6 Å². The van der Waals surface area contributed by atoms with Gasteiger partial charge in [0.05, 0.1) is 12.2 Å². The third kappa shape index (κ3) is 4.17. The summed E-state index contributed by atoms with van der Waals surface area (Å²) in [5, 5.41) is 0. The van der Waals surface area contributed by atoms with E-state index in [0.717, 1.165) is 25.0 Å². The molecule has 18 heavy (non-hydrogen) atoms.